The van der Waals surface area contributed by atoms with Crippen molar-refractivity contribution >= 4 is 17.5 Å². The second kappa shape index (κ2) is 7.40. The molecule has 2 aromatic rings. The Hall–Kier alpha value is -3.16. The van der Waals surface area contributed by atoms with E-state index in [0.29, 0.717) is 17.0 Å². The normalized spacial score (nSPS) is 10.1. The molecule has 2 amide bonds. The van der Waals surface area contributed by atoms with E-state index in [1.807, 2.05) is 0 Å². The molecule has 8 heteroatoms. The smallest absolute Gasteiger partial charge is 0.251 e. The van der Waals surface area contributed by atoms with Gasteiger partial charge in [0.15, 0.2) is 0 Å². The van der Waals surface area contributed by atoms with Crippen molar-refractivity contribution in [1.29, 1.82) is 0 Å². The van der Waals surface area contributed by atoms with Gasteiger partial charge in [-0.1, -0.05) is 11.8 Å². The van der Waals surface area contributed by atoms with Crippen LogP contribution < -0.4 is 15.0 Å². The first-order valence-electron chi connectivity index (χ1n) is 7.19. The Balaban J connectivity index is 2.51. The largest absolute Gasteiger partial charge is 0.495 e. The molecule has 0 bridgehead atoms. The number of anilines is 1. The Labute approximate surface area is 139 Å². The van der Waals surface area contributed by atoms with Gasteiger partial charge >= 0.3 is 0 Å². The molecule has 0 saturated carbocycles. The molecule has 0 atom stereocenters. The molecular formula is C16H19N5O3. The molecule has 1 aromatic heterocycles. The van der Waals surface area contributed by atoms with Gasteiger partial charge < -0.3 is 10.1 Å². The van der Waals surface area contributed by atoms with Crippen LogP contribution in [-0.2, 0) is 18.4 Å². The number of aromatic nitrogens is 3. The SMILES string of the molecule is C=CC(=O)N(Cc1cnnn1C)c1cc(C(=O)NC)ccc1OC. The minimum Gasteiger partial charge on any atom is -0.495 e. The molecule has 2 rings (SSSR count). The number of amides is 2. The lowest BCUT2D eigenvalue weighted by Crippen LogP contribution is -2.30. The minimum atomic E-state index is -0.330. The number of hydrogen-bond donors (Lipinski definition) is 1. The monoisotopic (exact) mass is 329 g/mol. The van der Waals surface area contributed by atoms with Crippen LogP contribution in [-0.4, -0.2) is 41.0 Å². The summed E-state index contributed by atoms with van der Waals surface area (Å²) in [5, 5.41) is 10.2. The van der Waals surface area contributed by atoms with E-state index in [2.05, 4.69) is 22.2 Å². The lowest BCUT2D eigenvalue weighted by molar-refractivity contribution is -0.114. The molecule has 1 aromatic carbocycles. The zero-order chi connectivity index (χ0) is 17.7. The van der Waals surface area contributed by atoms with Gasteiger partial charge in [0.05, 0.1) is 31.2 Å². The number of nitrogens with zero attached hydrogens (tertiary/aromatic N) is 4. The summed E-state index contributed by atoms with van der Waals surface area (Å²) in [5.41, 5.74) is 1.60. The Kier molecular flexibility index (Phi) is 5.31. The molecule has 0 spiro atoms. The van der Waals surface area contributed by atoms with E-state index in [9.17, 15) is 9.59 Å². The first-order valence-corrected chi connectivity index (χ1v) is 7.19. The lowest BCUT2D eigenvalue weighted by atomic mass is 10.1. The zero-order valence-electron chi connectivity index (χ0n) is 13.8. The Bertz CT molecular complexity index is 769. The van der Waals surface area contributed by atoms with Crippen LogP contribution in [0.3, 0.4) is 0 Å². The molecule has 0 fully saturated rings. The zero-order valence-corrected chi connectivity index (χ0v) is 13.8. The van der Waals surface area contributed by atoms with Crippen molar-refractivity contribution in [2.24, 2.45) is 7.05 Å². The van der Waals surface area contributed by atoms with E-state index in [1.165, 1.54) is 18.1 Å². The highest BCUT2D eigenvalue weighted by Gasteiger charge is 2.21. The fourth-order valence-corrected chi connectivity index (χ4v) is 2.19. The maximum absolute atomic E-state index is 12.4. The summed E-state index contributed by atoms with van der Waals surface area (Å²) >= 11 is 0. The van der Waals surface area contributed by atoms with E-state index < -0.39 is 0 Å². The van der Waals surface area contributed by atoms with E-state index >= 15 is 0 Å². The summed E-state index contributed by atoms with van der Waals surface area (Å²) < 4.78 is 6.91. The van der Waals surface area contributed by atoms with Crippen molar-refractivity contribution in [3.05, 3.63) is 48.3 Å². The Morgan fingerprint density at radius 1 is 1.46 bits per heavy atom. The number of rotatable bonds is 6. The molecule has 8 nitrogen and oxygen atoms in total. The van der Waals surface area contributed by atoms with Crippen molar-refractivity contribution < 1.29 is 14.3 Å². The second-order valence-corrected chi connectivity index (χ2v) is 4.94. The summed E-state index contributed by atoms with van der Waals surface area (Å²) in [4.78, 5) is 25.7. The fraction of sp³-hybridized carbons (Fsp3) is 0.250. The molecular weight excluding hydrogens is 310 g/mol. The van der Waals surface area contributed by atoms with Crippen LogP contribution in [0.2, 0.25) is 0 Å². The molecule has 0 aliphatic rings. The number of aryl methyl sites for hydroxylation is 1. The molecule has 0 saturated heterocycles. The highest BCUT2D eigenvalue weighted by atomic mass is 16.5. The molecule has 1 N–H and O–H groups in total. The molecule has 0 aliphatic heterocycles. The first-order chi connectivity index (χ1) is 11.5. The predicted molar refractivity (Wildman–Crippen MR) is 88.8 cm³/mol. The standard InChI is InChI=1S/C16H19N5O3/c1-5-15(22)21(10-12-9-18-19-20(12)3)13-8-11(16(23)17-2)6-7-14(13)24-4/h5-9H,1,10H2,2-4H3,(H,17,23). The third-order valence-corrected chi connectivity index (χ3v) is 3.53. The number of benzene rings is 1. The van der Waals surface area contributed by atoms with Gasteiger partial charge in [0.1, 0.15) is 5.75 Å². The van der Waals surface area contributed by atoms with Crippen molar-refractivity contribution in [2.75, 3.05) is 19.1 Å². The molecule has 126 valence electrons. The van der Waals surface area contributed by atoms with Gasteiger partial charge in [-0.3, -0.25) is 19.2 Å². The number of carbonyl (C=O) groups is 2. The van der Waals surface area contributed by atoms with Gasteiger partial charge in [0.2, 0.25) is 0 Å². The van der Waals surface area contributed by atoms with Crippen LogP contribution in [0.25, 0.3) is 0 Å². The third-order valence-electron chi connectivity index (χ3n) is 3.53. The topological polar surface area (TPSA) is 89.4 Å². The average Bonchev–Trinajstić information content (AvgIpc) is 3.02. The second-order valence-electron chi connectivity index (χ2n) is 4.94. The Morgan fingerprint density at radius 3 is 2.75 bits per heavy atom. The van der Waals surface area contributed by atoms with E-state index in [0.717, 1.165) is 5.69 Å². The van der Waals surface area contributed by atoms with Crippen molar-refractivity contribution in [2.45, 2.75) is 6.54 Å². The van der Waals surface area contributed by atoms with E-state index in [4.69, 9.17) is 4.74 Å². The maximum Gasteiger partial charge on any atom is 0.251 e. The third kappa shape index (κ3) is 3.43. The highest BCUT2D eigenvalue weighted by Crippen LogP contribution is 2.31. The molecule has 24 heavy (non-hydrogen) atoms. The van der Waals surface area contributed by atoms with E-state index in [1.54, 1.807) is 43.2 Å². The van der Waals surface area contributed by atoms with Crippen LogP contribution >= 0.6 is 0 Å². The minimum absolute atomic E-state index is 0.210. The van der Waals surface area contributed by atoms with Crippen LogP contribution in [0.15, 0.2) is 37.1 Å². The number of ether oxygens (including phenoxy) is 1. The summed E-state index contributed by atoms with van der Waals surface area (Å²) in [6.45, 7) is 3.75. The summed E-state index contributed by atoms with van der Waals surface area (Å²) in [6.07, 6.45) is 2.77. The lowest BCUT2D eigenvalue weighted by Gasteiger charge is -2.23. The van der Waals surface area contributed by atoms with Crippen molar-refractivity contribution in [1.82, 2.24) is 20.3 Å². The molecule has 0 unspecified atom stereocenters. The van der Waals surface area contributed by atoms with Crippen LogP contribution in [0.5, 0.6) is 5.75 Å². The summed E-state index contributed by atoms with van der Waals surface area (Å²) in [7, 11) is 4.78. The summed E-state index contributed by atoms with van der Waals surface area (Å²) in [5.74, 6) is -0.122. The van der Waals surface area contributed by atoms with Gasteiger partial charge in [-0.15, -0.1) is 5.10 Å². The van der Waals surface area contributed by atoms with E-state index in [-0.39, 0.29) is 18.4 Å². The summed E-state index contributed by atoms with van der Waals surface area (Å²) in [6, 6.07) is 4.87. The molecule has 1 heterocycles. The fourth-order valence-electron chi connectivity index (χ4n) is 2.19. The highest BCUT2D eigenvalue weighted by molar-refractivity contribution is 6.03. The number of methoxy groups -OCH3 is 1. The maximum atomic E-state index is 12.4. The molecule has 0 radical (unpaired) electrons. The number of carbonyl (C=O) groups excluding carboxylic acids is 2. The van der Waals surface area contributed by atoms with Gasteiger partial charge in [-0.2, -0.15) is 0 Å². The number of hydrogen-bond acceptors (Lipinski definition) is 5. The molecule has 0 aliphatic carbocycles. The van der Waals surface area contributed by atoms with Crippen LogP contribution in [0.1, 0.15) is 16.1 Å². The van der Waals surface area contributed by atoms with Gasteiger partial charge in [0, 0.05) is 19.7 Å². The van der Waals surface area contributed by atoms with Gasteiger partial charge in [-0.05, 0) is 24.3 Å². The number of nitrogens with one attached hydrogen (secondary N) is 1. The van der Waals surface area contributed by atoms with Crippen LogP contribution in [0, 0.1) is 0 Å². The van der Waals surface area contributed by atoms with Crippen molar-refractivity contribution in [3.63, 3.8) is 0 Å². The quantitative estimate of drug-likeness (QED) is 0.796. The van der Waals surface area contributed by atoms with Crippen LogP contribution in [0.4, 0.5) is 5.69 Å². The van der Waals surface area contributed by atoms with Gasteiger partial charge in [-0.25, -0.2) is 0 Å². The predicted octanol–water partition coefficient (Wildman–Crippen LogP) is 0.902. The van der Waals surface area contributed by atoms with Crippen molar-refractivity contribution in [3.8, 4) is 5.75 Å². The first kappa shape index (κ1) is 17.2. The van der Waals surface area contributed by atoms with Gasteiger partial charge in [0.25, 0.3) is 11.8 Å². The Morgan fingerprint density at radius 2 is 2.21 bits per heavy atom. The average molecular weight is 329 g/mol.